The molecule has 2 atom stereocenters. The third-order valence-electron chi connectivity index (χ3n) is 3.10. The van der Waals surface area contributed by atoms with Crippen molar-refractivity contribution >= 4 is 23.2 Å². The monoisotopic (exact) mass is 260 g/mol. The Morgan fingerprint density at radius 3 is 2.81 bits per heavy atom. The van der Waals surface area contributed by atoms with Gasteiger partial charge in [-0.25, -0.2) is 0 Å². The molecule has 0 amide bonds. The highest BCUT2D eigenvalue weighted by atomic mass is 35.5. The second-order valence-corrected chi connectivity index (χ2v) is 5.10. The topological polar surface area (TPSA) is 29.5 Å². The number of hydrogen-bond donors (Lipinski definition) is 1. The molecule has 0 aliphatic carbocycles. The Morgan fingerprint density at radius 2 is 2.19 bits per heavy atom. The van der Waals surface area contributed by atoms with E-state index in [0.29, 0.717) is 22.2 Å². The van der Waals surface area contributed by atoms with Gasteiger partial charge in [0.2, 0.25) is 0 Å². The number of rotatable bonds is 2. The van der Waals surface area contributed by atoms with Crippen molar-refractivity contribution in [2.75, 3.05) is 6.61 Å². The summed E-state index contributed by atoms with van der Waals surface area (Å²) in [6.45, 7) is 2.59. The summed E-state index contributed by atoms with van der Waals surface area (Å²) in [5.41, 5.74) is 0.0903. The SMILES string of the molecule is CC1(C(O)c2cccc(Cl)c2Cl)CCCO1. The Labute approximate surface area is 105 Å². The molecule has 0 spiro atoms. The molecule has 2 unspecified atom stereocenters. The largest absolute Gasteiger partial charge is 0.385 e. The smallest absolute Gasteiger partial charge is 0.109 e. The fourth-order valence-corrected chi connectivity index (χ4v) is 2.49. The zero-order valence-electron chi connectivity index (χ0n) is 9.04. The average molecular weight is 261 g/mol. The van der Waals surface area contributed by atoms with Gasteiger partial charge in [-0.2, -0.15) is 0 Å². The van der Waals surface area contributed by atoms with Crippen LogP contribution in [0.25, 0.3) is 0 Å². The lowest BCUT2D eigenvalue weighted by Crippen LogP contribution is -2.32. The highest BCUT2D eigenvalue weighted by Crippen LogP contribution is 2.41. The van der Waals surface area contributed by atoms with E-state index in [2.05, 4.69) is 0 Å². The van der Waals surface area contributed by atoms with Gasteiger partial charge in [0.15, 0.2) is 0 Å². The first-order chi connectivity index (χ1) is 7.54. The first-order valence-corrected chi connectivity index (χ1v) is 6.06. The van der Waals surface area contributed by atoms with Crippen LogP contribution in [0.3, 0.4) is 0 Å². The van der Waals surface area contributed by atoms with Gasteiger partial charge in [0.25, 0.3) is 0 Å². The molecule has 0 aromatic heterocycles. The number of hydrogen-bond acceptors (Lipinski definition) is 2. The van der Waals surface area contributed by atoms with E-state index in [4.69, 9.17) is 27.9 Å². The van der Waals surface area contributed by atoms with E-state index in [1.165, 1.54) is 0 Å². The molecule has 2 rings (SSSR count). The summed E-state index contributed by atoms with van der Waals surface area (Å²) in [5, 5.41) is 11.2. The van der Waals surface area contributed by atoms with Crippen molar-refractivity contribution in [3.8, 4) is 0 Å². The predicted molar refractivity (Wildman–Crippen MR) is 65.0 cm³/mol. The van der Waals surface area contributed by atoms with Crippen molar-refractivity contribution in [3.63, 3.8) is 0 Å². The number of benzene rings is 1. The fourth-order valence-electron chi connectivity index (χ4n) is 2.08. The molecule has 1 aromatic rings. The molecule has 16 heavy (non-hydrogen) atoms. The van der Waals surface area contributed by atoms with Crippen LogP contribution in [0.5, 0.6) is 0 Å². The van der Waals surface area contributed by atoms with Crippen molar-refractivity contribution in [1.29, 1.82) is 0 Å². The molecule has 1 heterocycles. The molecular weight excluding hydrogens is 247 g/mol. The normalized spacial score (nSPS) is 27.0. The summed E-state index contributed by atoms with van der Waals surface area (Å²) in [7, 11) is 0. The van der Waals surface area contributed by atoms with Crippen molar-refractivity contribution in [2.24, 2.45) is 0 Å². The Morgan fingerprint density at radius 1 is 1.44 bits per heavy atom. The van der Waals surface area contributed by atoms with Crippen molar-refractivity contribution < 1.29 is 9.84 Å². The minimum Gasteiger partial charge on any atom is -0.385 e. The van der Waals surface area contributed by atoms with E-state index in [1.807, 2.05) is 6.92 Å². The van der Waals surface area contributed by atoms with Crippen LogP contribution in [0.4, 0.5) is 0 Å². The molecule has 1 aliphatic heterocycles. The van der Waals surface area contributed by atoms with Crippen molar-refractivity contribution in [1.82, 2.24) is 0 Å². The molecule has 88 valence electrons. The molecule has 4 heteroatoms. The van der Waals surface area contributed by atoms with E-state index >= 15 is 0 Å². The minimum absolute atomic E-state index is 0.411. The first-order valence-electron chi connectivity index (χ1n) is 5.30. The maximum Gasteiger partial charge on any atom is 0.109 e. The van der Waals surface area contributed by atoms with E-state index in [9.17, 15) is 5.11 Å². The van der Waals surface area contributed by atoms with Gasteiger partial charge in [-0.05, 0) is 25.8 Å². The second-order valence-electron chi connectivity index (χ2n) is 4.31. The zero-order chi connectivity index (χ0) is 11.8. The van der Waals surface area contributed by atoms with Gasteiger partial charge in [-0.3, -0.25) is 0 Å². The highest BCUT2D eigenvalue weighted by Gasteiger charge is 2.39. The lowest BCUT2D eigenvalue weighted by Gasteiger charge is -2.30. The summed E-state index contributed by atoms with van der Waals surface area (Å²) >= 11 is 12.0. The van der Waals surface area contributed by atoms with Crippen molar-refractivity contribution in [2.45, 2.75) is 31.5 Å². The molecule has 2 nitrogen and oxygen atoms in total. The number of aliphatic hydroxyl groups excluding tert-OH is 1. The van der Waals surface area contributed by atoms with Gasteiger partial charge in [0.1, 0.15) is 6.10 Å². The van der Waals surface area contributed by atoms with Gasteiger partial charge in [-0.15, -0.1) is 0 Å². The van der Waals surface area contributed by atoms with E-state index < -0.39 is 11.7 Å². The van der Waals surface area contributed by atoms with Crippen LogP contribution in [0.15, 0.2) is 18.2 Å². The van der Waals surface area contributed by atoms with Gasteiger partial charge in [-0.1, -0.05) is 35.3 Å². The Balaban J connectivity index is 2.33. The molecule has 0 radical (unpaired) electrons. The summed E-state index contributed by atoms with van der Waals surface area (Å²) in [6.07, 6.45) is 1.06. The maximum absolute atomic E-state index is 10.3. The number of aliphatic hydroxyl groups is 1. The van der Waals surface area contributed by atoms with Crippen LogP contribution in [0.1, 0.15) is 31.4 Å². The second kappa shape index (κ2) is 4.53. The third kappa shape index (κ3) is 2.07. The van der Waals surface area contributed by atoms with E-state index in [1.54, 1.807) is 18.2 Å². The van der Waals surface area contributed by atoms with Gasteiger partial charge in [0.05, 0.1) is 15.6 Å². The average Bonchev–Trinajstić information content (AvgIpc) is 2.70. The fraction of sp³-hybridized carbons (Fsp3) is 0.500. The molecule has 0 saturated carbocycles. The lowest BCUT2D eigenvalue weighted by atomic mass is 9.90. The highest BCUT2D eigenvalue weighted by molar-refractivity contribution is 6.42. The third-order valence-corrected chi connectivity index (χ3v) is 3.94. The van der Waals surface area contributed by atoms with Crippen LogP contribution in [0.2, 0.25) is 10.0 Å². The van der Waals surface area contributed by atoms with Gasteiger partial charge >= 0.3 is 0 Å². The molecule has 1 fully saturated rings. The quantitative estimate of drug-likeness (QED) is 0.881. The van der Waals surface area contributed by atoms with Crippen LogP contribution in [-0.2, 0) is 4.74 Å². The van der Waals surface area contributed by atoms with E-state index in [-0.39, 0.29) is 0 Å². The Hall–Kier alpha value is -0.280. The predicted octanol–water partition coefficient (Wildman–Crippen LogP) is 3.60. The molecule has 1 saturated heterocycles. The van der Waals surface area contributed by atoms with E-state index in [0.717, 1.165) is 12.8 Å². The Kier molecular flexibility index (Phi) is 3.45. The van der Waals surface area contributed by atoms with Gasteiger partial charge in [0, 0.05) is 12.2 Å². The van der Waals surface area contributed by atoms with Crippen LogP contribution in [-0.4, -0.2) is 17.3 Å². The standard InChI is InChI=1S/C12H14Cl2O2/c1-12(6-3-7-16-12)11(15)8-4-2-5-9(13)10(8)14/h2,4-5,11,15H,3,6-7H2,1H3. The molecule has 1 aliphatic rings. The number of halogens is 2. The lowest BCUT2D eigenvalue weighted by molar-refractivity contribution is -0.0795. The first kappa shape index (κ1) is 12.2. The maximum atomic E-state index is 10.3. The summed E-state index contributed by atoms with van der Waals surface area (Å²) in [5.74, 6) is 0. The minimum atomic E-state index is -0.735. The van der Waals surface area contributed by atoms with Crippen LogP contribution in [0, 0.1) is 0 Å². The summed E-state index contributed by atoms with van der Waals surface area (Å²) < 4.78 is 5.60. The Bertz CT molecular complexity index is 387. The van der Waals surface area contributed by atoms with Crippen molar-refractivity contribution in [3.05, 3.63) is 33.8 Å². The molecule has 1 N–H and O–H groups in total. The molecule has 0 bridgehead atoms. The zero-order valence-corrected chi connectivity index (χ0v) is 10.6. The summed E-state index contributed by atoms with van der Waals surface area (Å²) in [6, 6.07) is 5.27. The van der Waals surface area contributed by atoms with Crippen LogP contribution < -0.4 is 0 Å². The molecule has 1 aromatic carbocycles. The van der Waals surface area contributed by atoms with Gasteiger partial charge < -0.3 is 9.84 Å². The molecular formula is C12H14Cl2O2. The summed E-state index contributed by atoms with van der Waals surface area (Å²) in [4.78, 5) is 0. The number of ether oxygens (including phenoxy) is 1. The van der Waals surface area contributed by atoms with Crippen LogP contribution >= 0.6 is 23.2 Å².